The van der Waals surface area contributed by atoms with E-state index in [0.29, 0.717) is 10.7 Å². The normalized spacial score (nSPS) is 11.5. The van der Waals surface area contributed by atoms with Crippen molar-refractivity contribution in [1.82, 2.24) is 0 Å². The Labute approximate surface area is 158 Å². The highest BCUT2D eigenvalue weighted by atomic mass is 35.5. The second-order valence-electron chi connectivity index (χ2n) is 5.97. The van der Waals surface area contributed by atoms with Crippen LogP contribution in [-0.4, -0.2) is 11.1 Å². The molecule has 0 amide bonds. The zero-order chi connectivity index (χ0) is 19.0. The molecule has 0 N–H and O–H groups in total. The molecule has 0 aliphatic carbocycles. The van der Waals surface area contributed by atoms with Gasteiger partial charge in [0.05, 0.1) is 15.6 Å². The smallest absolute Gasteiger partial charge is 0.258 e. The van der Waals surface area contributed by atoms with Crippen LogP contribution in [0.1, 0.15) is 5.56 Å². The van der Waals surface area contributed by atoms with Crippen molar-refractivity contribution >= 4 is 50.7 Å². The van der Waals surface area contributed by atoms with Gasteiger partial charge in [-0.1, -0.05) is 60.1 Å². The summed E-state index contributed by atoms with van der Waals surface area (Å²) in [5.41, 5.74) is 0.541. The third kappa shape index (κ3) is 3.02. The molecule has 0 fully saturated rings. The minimum atomic E-state index is -0.888. The standard InChI is InChI=1S/C21H12ClFN2O2/c22-21-16-7-3-1-5-14(16)18(15-6-2-4-8-17(15)21)12-24-13-9-10-19(23)20(11-13)25(26)27/h1-12H. The molecular weight excluding hydrogens is 367 g/mol. The Bertz CT molecular complexity index is 1180. The fourth-order valence-electron chi connectivity index (χ4n) is 3.11. The summed E-state index contributed by atoms with van der Waals surface area (Å²) in [6, 6.07) is 19.0. The van der Waals surface area contributed by atoms with Crippen molar-refractivity contribution in [3.05, 3.63) is 93.2 Å². The minimum absolute atomic E-state index is 0.297. The van der Waals surface area contributed by atoms with Crippen molar-refractivity contribution in [3.63, 3.8) is 0 Å². The highest BCUT2D eigenvalue weighted by Crippen LogP contribution is 2.35. The molecule has 0 saturated heterocycles. The van der Waals surface area contributed by atoms with E-state index in [1.165, 1.54) is 6.07 Å². The maximum atomic E-state index is 13.5. The molecule has 4 nitrogen and oxygen atoms in total. The third-order valence-corrected chi connectivity index (χ3v) is 4.78. The van der Waals surface area contributed by atoms with Gasteiger partial charge in [-0.05, 0) is 22.9 Å². The average Bonchev–Trinajstić information content (AvgIpc) is 2.69. The number of hydrogen-bond donors (Lipinski definition) is 0. The molecule has 4 aromatic rings. The van der Waals surface area contributed by atoms with Gasteiger partial charge in [0.25, 0.3) is 0 Å². The van der Waals surface area contributed by atoms with Gasteiger partial charge in [0.1, 0.15) is 0 Å². The molecular formula is C21H12ClFN2O2. The Hall–Kier alpha value is -3.31. The minimum Gasteiger partial charge on any atom is -0.258 e. The predicted molar refractivity (Wildman–Crippen MR) is 107 cm³/mol. The van der Waals surface area contributed by atoms with Gasteiger partial charge in [0, 0.05) is 28.6 Å². The van der Waals surface area contributed by atoms with Gasteiger partial charge in [-0.25, -0.2) is 0 Å². The summed E-state index contributed by atoms with van der Waals surface area (Å²) in [7, 11) is 0. The molecule has 4 aromatic carbocycles. The first-order chi connectivity index (χ1) is 13.1. The van der Waals surface area contributed by atoms with E-state index in [2.05, 4.69) is 4.99 Å². The number of halogens is 2. The molecule has 0 aliphatic heterocycles. The lowest BCUT2D eigenvalue weighted by atomic mass is 9.97. The number of hydrogen-bond acceptors (Lipinski definition) is 3. The van der Waals surface area contributed by atoms with Crippen LogP contribution in [0.15, 0.2) is 71.7 Å². The van der Waals surface area contributed by atoms with Crippen LogP contribution in [0.25, 0.3) is 21.5 Å². The number of nitro benzene ring substituents is 1. The second-order valence-corrected chi connectivity index (χ2v) is 6.35. The van der Waals surface area contributed by atoms with Crippen molar-refractivity contribution in [1.29, 1.82) is 0 Å². The van der Waals surface area contributed by atoms with E-state index in [9.17, 15) is 14.5 Å². The topological polar surface area (TPSA) is 55.5 Å². The monoisotopic (exact) mass is 378 g/mol. The van der Waals surface area contributed by atoms with Crippen molar-refractivity contribution in [2.75, 3.05) is 0 Å². The number of nitrogens with zero attached hydrogens (tertiary/aromatic N) is 2. The number of nitro groups is 1. The van der Waals surface area contributed by atoms with E-state index < -0.39 is 16.4 Å². The van der Waals surface area contributed by atoms with Crippen LogP contribution in [0.5, 0.6) is 0 Å². The molecule has 4 rings (SSSR count). The Morgan fingerprint density at radius 3 is 2.04 bits per heavy atom. The fraction of sp³-hybridized carbons (Fsp3) is 0. The molecule has 0 spiro atoms. The van der Waals surface area contributed by atoms with E-state index in [0.717, 1.165) is 39.2 Å². The lowest BCUT2D eigenvalue weighted by Gasteiger charge is -2.10. The van der Waals surface area contributed by atoms with Gasteiger partial charge in [-0.3, -0.25) is 15.1 Å². The molecule has 0 bridgehead atoms. The molecule has 0 radical (unpaired) electrons. The Balaban J connectivity index is 1.93. The summed E-state index contributed by atoms with van der Waals surface area (Å²) in [6.07, 6.45) is 1.64. The lowest BCUT2D eigenvalue weighted by Crippen LogP contribution is -1.92. The third-order valence-electron chi connectivity index (χ3n) is 4.38. The van der Waals surface area contributed by atoms with Gasteiger partial charge < -0.3 is 0 Å². The van der Waals surface area contributed by atoms with Crippen LogP contribution >= 0.6 is 11.6 Å². The zero-order valence-electron chi connectivity index (χ0n) is 13.9. The summed E-state index contributed by atoms with van der Waals surface area (Å²) < 4.78 is 13.5. The quantitative estimate of drug-likeness (QED) is 0.178. The number of fused-ring (bicyclic) bond motifs is 2. The molecule has 0 unspecified atom stereocenters. The Morgan fingerprint density at radius 2 is 1.48 bits per heavy atom. The first kappa shape index (κ1) is 17.1. The zero-order valence-corrected chi connectivity index (χ0v) is 14.7. The molecule has 0 heterocycles. The largest absolute Gasteiger partial charge is 0.306 e. The second kappa shape index (κ2) is 6.78. The fourth-order valence-corrected chi connectivity index (χ4v) is 3.44. The summed E-state index contributed by atoms with van der Waals surface area (Å²) in [4.78, 5) is 14.5. The maximum absolute atomic E-state index is 13.5. The number of aliphatic imine (C=N–C) groups is 1. The van der Waals surface area contributed by atoms with Crippen molar-refractivity contribution in [2.24, 2.45) is 4.99 Å². The van der Waals surface area contributed by atoms with Gasteiger partial charge in [-0.2, -0.15) is 4.39 Å². The molecule has 0 aromatic heterocycles. The van der Waals surface area contributed by atoms with Crippen molar-refractivity contribution in [3.8, 4) is 0 Å². The van der Waals surface area contributed by atoms with Crippen LogP contribution in [0, 0.1) is 15.9 Å². The van der Waals surface area contributed by atoms with Crippen molar-refractivity contribution in [2.45, 2.75) is 0 Å². The van der Waals surface area contributed by atoms with E-state index in [1.807, 2.05) is 48.5 Å². The maximum Gasteiger partial charge on any atom is 0.306 e. The van der Waals surface area contributed by atoms with Crippen LogP contribution in [0.3, 0.4) is 0 Å². The van der Waals surface area contributed by atoms with Crippen LogP contribution in [0.2, 0.25) is 5.02 Å². The first-order valence-electron chi connectivity index (χ1n) is 8.13. The summed E-state index contributed by atoms with van der Waals surface area (Å²) >= 11 is 6.58. The summed E-state index contributed by atoms with van der Waals surface area (Å²) in [5, 5.41) is 15.2. The number of rotatable bonds is 3. The van der Waals surface area contributed by atoms with E-state index in [1.54, 1.807) is 6.21 Å². The van der Waals surface area contributed by atoms with Crippen LogP contribution in [-0.2, 0) is 0 Å². The van der Waals surface area contributed by atoms with E-state index >= 15 is 0 Å². The van der Waals surface area contributed by atoms with Crippen molar-refractivity contribution < 1.29 is 9.31 Å². The summed E-state index contributed by atoms with van der Waals surface area (Å²) in [5.74, 6) is -0.888. The predicted octanol–water partition coefficient (Wildman–Crippen LogP) is 6.44. The van der Waals surface area contributed by atoms with E-state index in [4.69, 9.17) is 11.6 Å². The average molecular weight is 379 g/mol. The lowest BCUT2D eigenvalue weighted by molar-refractivity contribution is -0.387. The summed E-state index contributed by atoms with van der Waals surface area (Å²) in [6.45, 7) is 0. The van der Waals surface area contributed by atoms with Gasteiger partial charge in [0.15, 0.2) is 0 Å². The molecule has 27 heavy (non-hydrogen) atoms. The SMILES string of the molecule is O=[N+]([O-])c1cc(N=Cc2c3ccccc3c(Cl)c3ccccc23)ccc1F. The first-order valence-corrected chi connectivity index (χ1v) is 8.51. The Kier molecular flexibility index (Phi) is 4.30. The van der Waals surface area contributed by atoms with Crippen LogP contribution in [0.4, 0.5) is 15.8 Å². The van der Waals surface area contributed by atoms with Gasteiger partial charge in [0.2, 0.25) is 5.82 Å². The highest BCUT2D eigenvalue weighted by molar-refractivity contribution is 6.42. The van der Waals surface area contributed by atoms with E-state index in [-0.39, 0.29) is 0 Å². The molecule has 132 valence electrons. The number of benzene rings is 4. The molecule has 6 heteroatoms. The van der Waals surface area contributed by atoms with Gasteiger partial charge >= 0.3 is 5.69 Å². The Morgan fingerprint density at radius 1 is 0.926 bits per heavy atom. The molecule has 0 saturated carbocycles. The van der Waals surface area contributed by atoms with Crippen LogP contribution < -0.4 is 0 Å². The van der Waals surface area contributed by atoms with Gasteiger partial charge in [-0.15, -0.1) is 0 Å². The molecule has 0 atom stereocenters. The highest BCUT2D eigenvalue weighted by Gasteiger charge is 2.14. The molecule has 0 aliphatic rings.